The van der Waals surface area contributed by atoms with Gasteiger partial charge in [0.25, 0.3) is 5.91 Å². The molecule has 0 spiro atoms. The lowest BCUT2D eigenvalue weighted by atomic mass is 10.3. The van der Waals surface area contributed by atoms with Gasteiger partial charge in [0.05, 0.1) is 18.8 Å². The molecule has 2 amide bonds. The van der Waals surface area contributed by atoms with Gasteiger partial charge in [-0.1, -0.05) is 0 Å². The molecule has 0 unspecified atom stereocenters. The summed E-state index contributed by atoms with van der Waals surface area (Å²) in [7, 11) is 0. The molecule has 1 aromatic heterocycles. The fourth-order valence-electron chi connectivity index (χ4n) is 1.87. The summed E-state index contributed by atoms with van der Waals surface area (Å²) >= 11 is 1.30. The third kappa shape index (κ3) is 4.02. The molecule has 1 aliphatic rings. The van der Waals surface area contributed by atoms with Gasteiger partial charge in [-0.3, -0.25) is 14.5 Å². The SMILES string of the molecule is NC(=O)c1ccsc1NC(=O)CCN1CCOCC1. The molecule has 0 atom stereocenters. The Labute approximate surface area is 115 Å². The fraction of sp³-hybridized carbons (Fsp3) is 0.500. The van der Waals surface area contributed by atoms with Gasteiger partial charge in [0, 0.05) is 26.1 Å². The van der Waals surface area contributed by atoms with Crippen LogP contribution in [0.2, 0.25) is 0 Å². The van der Waals surface area contributed by atoms with Crippen molar-refractivity contribution in [3.63, 3.8) is 0 Å². The summed E-state index contributed by atoms with van der Waals surface area (Å²) in [6.45, 7) is 3.86. The third-order valence-corrected chi connectivity index (χ3v) is 3.77. The molecule has 19 heavy (non-hydrogen) atoms. The number of primary amides is 1. The largest absolute Gasteiger partial charge is 0.379 e. The highest BCUT2D eigenvalue weighted by molar-refractivity contribution is 7.14. The summed E-state index contributed by atoms with van der Waals surface area (Å²) in [6, 6.07) is 1.62. The van der Waals surface area contributed by atoms with Crippen LogP contribution in [0, 0.1) is 0 Å². The van der Waals surface area contributed by atoms with Crippen LogP contribution >= 0.6 is 11.3 Å². The zero-order valence-electron chi connectivity index (χ0n) is 10.6. The Balaban J connectivity index is 1.80. The van der Waals surface area contributed by atoms with E-state index in [1.807, 2.05) is 0 Å². The average molecular weight is 283 g/mol. The van der Waals surface area contributed by atoms with Crippen molar-refractivity contribution < 1.29 is 14.3 Å². The molecule has 1 fully saturated rings. The Morgan fingerprint density at radius 1 is 1.42 bits per heavy atom. The summed E-state index contributed by atoms with van der Waals surface area (Å²) < 4.78 is 5.24. The number of nitrogens with zero attached hydrogens (tertiary/aromatic N) is 1. The molecule has 2 heterocycles. The van der Waals surface area contributed by atoms with E-state index in [9.17, 15) is 9.59 Å². The molecule has 0 radical (unpaired) electrons. The predicted octanol–water partition coefficient (Wildman–Crippen LogP) is 0.508. The number of anilines is 1. The van der Waals surface area contributed by atoms with Crippen LogP contribution in [0.4, 0.5) is 5.00 Å². The highest BCUT2D eigenvalue weighted by Crippen LogP contribution is 2.22. The molecule has 7 heteroatoms. The first-order valence-electron chi connectivity index (χ1n) is 6.14. The molecule has 2 rings (SSSR count). The Morgan fingerprint density at radius 3 is 2.84 bits per heavy atom. The lowest BCUT2D eigenvalue weighted by Gasteiger charge is -2.26. The number of rotatable bonds is 5. The van der Waals surface area contributed by atoms with Crippen LogP contribution in [0.25, 0.3) is 0 Å². The molecule has 0 aliphatic carbocycles. The normalized spacial score (nSPS) is 16.2. The molecule has 104 valence electrons. The van der Waals surface area contributed by atoms with Crippen molar-refractivity contribution in [2.24, 2.45) is 5.73 Å². The van der Waals surface area contributed by atoms with Gasteiger partial charge in [-0.2, -0.15) is 0 Å². The Bertz CT molecular complexity index is 455. The quantitative estimate of drug-likeness (QED) is 0.824. The van der Waals surface area contributed by atoms with Gasteiger partial charge >= 0.3 is 0 Å². The minimum Gasteiger partial charge on any atom is -0.379 e. The first kappa shape index (κ1) is 14.0. The van der Waals surface area contributed by atoms with Crippen LogP contribution in [0.1, 0.15) is 16.8 Å². The van der Waals surface area contributed by atoms with Crippen molar-refractivity contribution in [2.45, 2.75) is 6.42 Å². The summed E-state index contributed by atoms with van der Waals surface area (Å²) in [5.41, 5.74) is 5.59. The maximum absolute atomic E-state index is 11.8. The topological polar surface area (TPSA) is 84.7 Å². The summed E-state index contributed by atoms with van der Waals surface area (Å²) in [4.78, 5) is 25.1. The molecule has 1 aromatic rings. The number of thiophene rings is 1. The van der Waals surface area contributed by atoms with Gasteiger partial charge in [0.1, 0.15) is 5.00 Å². The highest BCUT2D eigenvalue weighted by Gasteiger charge is 2.14. The van der Waals surface area contributed by atoms with E-state index >= 15 is 0 Å². The Hall–Kier alpha value is -1.44. The van der Waals surface area contributed by atoms with E-state index in [-0.39, 0.29) is 5.91 Å². The van der Waals surface area contributed by atoms with Crippen molar-refractivity contribution in [2.75, 3.05) is 38.2 Å². The Kier molecular flexibility index (Phi) is 4.89. The van der Waals surface area contributed by atoms with E-state index in [4.69, 9.17) is 10.5 Å². The van der Waals surface area contributed by atoms with Crippen LogP contribution in [-0.4, -0.2) is 49.6 Å². The second-order valence-corrected chi connectivity index (χ2v) is 5.20. The van der Waals surface area contributed by atoms with Gasteiger partial charge in [-0.25, -0.2) is 0 Å². The van der Waals surface area contributed by atoms with E-state index in [1.54, 1.807) is 11.4 Å². The molecule has 1 saturated heterocycles. The van der Waals surface area contributed by atoms with Crippen molar-refractivity contribution in [1.82, 2.24) is 4.90 Å². The zero-order valence-corrected chi connectivity index (χ0v) is 11.4. The number of carbonyl (C=O) groups excluding carboxylic acids is 2. The molecular weight excluding hydrogens is 266 g/mol. The molecular formula is C12H17N3O3S. The number of morpholine rings is 1. The van der Waals surface area contributed by atoms with Gasteiger partial charge in [0.15, 0.2) is 0 Å². The standard InChI is InChI=1S/C12H17N3O3S/c13-11(17)9-2-8-19-12(9)14-10(16)1-3-15-4-6-18-7-5-15/h2,8H,1,3-7H2,(H2,13,17)(H,14,16). The van der Waals surface area contributed by atoms with E-state index in [0.29, 0.717) is 23.5 Å². The van der Waals surface area contributed by atoms with Gasteiger partial charge < -0.3 is 15.8 Å². The molecule has 1 aliphatic heterocycles. The lowest BCUT2D eigenvalue weighted by molar-refractivity contribution is -0.116. The zero-order chi connectivity index (χ0) is 13.7. The number of amides is 2. The molecule has 0 aromatic carbocycles. The predicted molar refractivity (Wildman–Crippen MR) is 73.3 cm³/mol. The number of hydrogen-bond donors (Lipinski definition) is 2. The summed E-state index contributed by atoms with van der Waals surface area (Å²) in [5.74, 6) is -0.624. The van der Waals surface area contributed by atoms with Crippen LogP contribution in [0.5, 0.6) is 0 Å². The molecule has 6 nitrogen and oxygen atoms in total. The summed E-state index contributed by atoms with van der Waals surface area (Å²) in [5, 5.41) is 4.99. The maximum atomic E-state index is 11.8. The first-order chi connectivity index (χ1) is 9.16. The minimum absolute atomic E-state index is 0.101. The number of nitrogens with two attached hydrogens (primary N) is 1. The van der Waals surface area contributed by atoms with Crippen LogP contribution in [-0.2, 0) is 9.53 Å². The van der Waals surface area contributed by atoms with Gasteiger partial charge in [0.2, 0.25) is 5.91 Å². The van der Waals surface area contributed by atoms with Crippen LogP contribution in [0.15, 0.2) is 11.4 Å². The van der Waals surface area contributed by atoms with E-state index < -0.39 is 5.91 Å². The van der Waals surface area contributed by atoms with Crippen molar-refractivity contribution in [3.05, 3.63) is 17.0 Å². The van der Waals surface area contributed by atoms with Crippen LogP contribution in [0.3, 0.4) is 0 Å². The second-order valence-electron chi connectivity index (χ2n) is 4.28. The fourth-order valence-corrected chi connectivity index (χ4v) is 2.68. The number of nitrogens with one attached hydrogen (secondary N) is 1. The van der Waals surface area contributed by atoms with Crippen molar-refractivity contribution in [3.8, 4) is 0 Å². The number of hydrogen-bond acceptors (Lipinski definition) is 5. The molecule has 0 saturated carbocycles. The molecule has 3 N–H and O–H groups in total. The lowest BCUT2D eigenvalue weighted by Crippen LogP contribution is -2.38. The van der Waals surface area contributed by atoms with E-state index in [0.717, 1.165) is 26.3 Å². The monoisotopic (exact) mass is 283 g/mol. The van der Waals surface area contributed by atoms with Crippen molar-refractivity contribution in [1.29, 1.82) is 0 Å². The number of carbonyl (C=O) groups is 2. The third-order valence-electron chi connectivity index (χ3n) is 2.94. The molecule has 0 bridgehead atoms. The average Bonchev–Trinajstić information content (AvgIpc) is 2.86. The van der Waals surface area contributed by atoms with E-state index in [1.165, 1.54) is 11.3 Å². The smallest absolute Gasteiger partial charge is 0.251 e. The summed E-state index contributed by atoms with van der Waals surface area (Å²) in [6.07, 6.45) is 0.399. The minimum atomic E-state index is -0.523. The van der Waals surface area contributed by atoms with Gasteiger partial charge in [-0.15, -0.1) is 11.3 Å². The second kappa shape index (κ2) is 6.65. The Morgan fingerprint density at radius 2 is 2.16 bits per heavy atom. The van der Waals surface area contributed by atoms with Crippen LogP contribution < -0.4 is 11.1 Å². The first-order valence-corrected chi connectivity index (χ1v) is 7.02. The number of ether oxygens (including phenoxy) is 1. The van der Waals surface area contributed by atoms with E-state index in [2.05, 4.69) is 10.2 Å². The van der Waals surface area contributed by atoms with Gasteiger partial charge in [-0.05, 0) is 11.4 Å². The highest BCUT2D eigenvalue weighted by atomic mass is 32.1. The maximum Gasteiger partial charge on any atom is 0.251 e. The van der Waals surface area contributed by atoms with Crippen molar-refractivity contribution >= 4 is 28.2 Å².